The molecule has 10 fully saturated rings. The second-order valence-corrected chi connectivity index (χ2v) is 30.0. The van der Waals surface area contributed by atoms with Crippen molar-refractivity contribution < 1.29 is 66.4 Å². The molecule has 0 aromatic heterocycles. The van der Waals surface area contributed by atoms with Gasteiger partial charge in [0.05, 0.1) is 47.4 Å². The Hall–Kier alpha value is -5.64. The van der Waals surface area contributed by atoms with Crippen LogP contribution in [0, 0.1) is 44.6 Å². The van der Waals surface area contributed by atoms with Gasteiger partial charge in [-0.15, -0.1) is 12.4 Å². The molecule has 4 aliphatic heterocycles. The Morgan fingerprint density at radius 3 is 1.54 bits per heavy atom. The van der Waals surface area contributed by atoms with E-state index in [2.05, 4.69) is 71.1 Å². The van der Waals surface area contributed by atoms with Crippen LogP contribution in [0.5, 0.6) is 5.75 Å². The fourth-order valence-electron chi connectivity index (χ4n) is 15.1. The van der Waals surface area contributed by atoms with Crippen molar-refractivity contribution in [2.75, 3.05) is 26.2 Å². The number of ether oxygens (including phenoxy) is 5. The number of nitrogens with one attached hydrogen (secondary N) is 1. The molecule has 89 heavy (non-hydrogen) atoms. The lowest BCUT2D eigenvalue weighted by atomic mass is 9.43. The summed E-state index contributed by atoms with van der Waals surface area (Å²) in [5.41, 5.74) is 5.79. The number of halogens is 1. The van der Waals surface area contributed by atoms with E-state index < -0.39 is 58.7 Å². The minimum absolute atomic E-state index is 0. The maximum atomic E-state index is 13.4. The van der Waals surface area contributed by atoms with Crippen LogP contribution in [0.4, 0.5) is 24.9 Å². The molecular formula is C66H96B2ClN5O15. The molecule has 20 nitrogen and oxygen atoms in total. The van der Waals surface area contributed by atoms with E-state index in [-0.39, 0.29) is 84.9 Å². The van der Waals surface area contributed by atoms with Gasteiger partial charge in [-0.2, -0.15) is 0 Å². The van der Waals surface area contributed by atoms with E-state index >= 15 is 0 Å². The SMILES string of the molecule is CC(C)(C)OC(=O)N1CCCC(C)(OC(=O)N[C@@H](Cc2ccccc2)B2O[C@@H]3C[C@@H]4C[C@@H](C4(C)C)[C@]3(C)O2)C1.CC(C)(C)OC(=O)N1CCCC(C)(OC(=O)Oc2ccc([N+](=O)[O-])cc2)C1.CC1(C)[C@@H]2C[C@H]3OB([C@@H](N)Cc4ccccc4)O[C@@]3(C)[C@H]1C2.Cl. The van der Waals surface area contributed by atoms with Gasteiger partial charge in [-0.1, -0.05) is 88.4 Å². The highest BCUT2D eigenvalue weighted by atomic mass is 35.5. The third kappa shape index (κ3) is 16.0. The summed E-state index contributed by atoms with van der Waals surface area (Å²) in [5.74, 6) is 2.06. The molecule has 3 aromatic carbocycles. The molecule has 3 amide bonds. The summed E-state index contributed by atoms with van der Waals surface area (Å²) in [6.07, 6.45) is 6.46. The molecule has 4 saturated heterocycles. The van der Waals surface area contributed by atoms with Crippen molar-refractivity contribution >= 4 is 56.8 Å². The quantitative estimate of drug-likeness (QED) is 0.0453. The van der Waals surface area contributed by atoms with Crippen LogP contribution in [-0.2, 0) is 50.4 Å². The third-order valence-corrected chi connectivity index (χ3v) is 20.1. The second kappa shape index (κ2) is 26.5. The number of hydrogen-bond donors (Lipinski definition) is 2. The van der Waals surface area contributed by atoms with Crippen LogP contribution in [0.3, 0.4) is 0 Å². The van der Waals surface area contributed by atoms with Gasteiger partial charge in [-0.05, 0) is 191 Å². The summed E-state index contributed by atoms with van der Waals surface area (Å²) in [5, 5.41) is 13.7. The lowest BCUT2D eigenvalue weighted by Crippen LogP contribution is -2.65. The summed E-state index contributed by atoms with van der Waals surface area (Å²) in [7, 11) is -0.842. The molecule has 6 aliphatic carbocycles. The van der Waals surface area contributed by atoms with Gasteiger partial charge in [-0.25, -0.2) is 19.2 Å². The zero-order valence-corrected chi connectivity index (χ0v) is 55.5. The van der Waals surface area contributed by atoms with Gasteiger partial charge in [0.1, 0.15) is 28.2 Å². The van der Waals surface area contributed by atoms with Crippen LogP contribution in [0.15, 0.2) is 84.9 Å². The highest BCUT2D eigenvalue weighted by Gasteiger charge is 2.70. The molecule has 4 heterocycles. The largest absolute Gasteiger partial charge is 0.514 e. The van der Waals surface area contributed by atoms with Gasteiger partial charge in [0.25, 0.3) is 5.69 Å². The monoisotopic (exact) mass is 1260 g/mol. The number of likely N-dealkylation sites (tertiary alicyclic amines) is 2. The number of nitro benzene ring substituents is 1. The molecule has 10 aliphatic rings. The first kappa shape index (κ1) is 69.3. The van der Waals surface area contributed by atoms with Gasteiger partial charge in [0, 0.05) is 31.2 Å². The van der Waals surface area contributed by atoms with E-state index in [4.69, 9.17) is 48.0 Å². The summed E-state index contributed by atoms with van der Waals surface area (Å²) < 4.78 is 53.4. The molecule has 488 valence electrons. The summed E-state index contributed by atoms with van der Waals surface area (Å²) in [4.78, 5) is 63.6. The Bertz CT molecular complexity index is 2980. The summed E-state index contributed by atoms with van der Waals surface area (Å²) in [6, 6.07) is 25.5. The van der Waals surface area contributed by atoms with E-state index in [0.717, 1.165) is 37.2 Å². The Labute approximate surface area is 533 Å². The number of alkyl carbamates (subject to hydrolysis) is 1. The van der Waals surface area contributed by atoms with Crippen molar-refractivity contribution in [2.45, 2.75) is 219 Å². The molecule has 3 N–H and O–H groups in total. The number of rotatable bonds is 11. The van der Waals surface area contributed by atoms with E-state index in [1.807, 2.05) is 64.1 Å². The third-order valence-electron chi connectivity index (χ3n) is 20.1. The number of nitrogens with zero attached hydrogens (tertiary/aromatic N) is 3. The molecule has 0 radical (unpaired) electrons. The minimum atomic E-state index is -0.933. The lowest BCUT2D eigenvalue weighted by Gasteiger charge is -2.64. The van der Waals surface area contributed by atoms with E-state index in [1.165, 1.54) is 47.6 Å². The van der Waals surface area contributed by atoms with Crippen LogP contribution in [0.1, 0.15) is 159 Å². The number of hydrogen-bond acceptors (Lipinski definition) is 16. The highest BCUT2D eigenvalue weighted by Crippen LogP contribution is 2.67. The summed E-state index contributed by atoms with van der Waals surface area (Å²) in [6.45, 7) is 29.9. The van der Waals surface area contributed by atoms with E-state index in [9.17, 15) is 29.3 Å². The van der Waals surface area contributed by atoms with Gasteiger partial charge < -0.3 is 63.2 Å². The zero-order chi connectivity index (χ0) is 64.0. The predicted molar refractivity (Wildman–Crippen MR) is 340 cm³/mol. The summed E-state index contributed by atoms with van der Waals surface area (Å²) >= 11 is 0. The maximum absolute atomic E-state index is 13.4. The first-order chi connectivity index (χ1) is 41.1. The molecule has 13 rings (SSSR count). The fourth-order valence-corrected chi connectivity index (χ4v) is 15.1. The second-order valence-electron chi connectivity index (χ2n) is 30.0. The topological polar surface area (TPSA) is 239 Å². The van der Waals surface area contributed by atoms with Crippen LogP contribution >= 0.6 is 12.4 Å². The number of non-ortho nitro benzene ring substituents is 1. The standard InChI is InChI=1S/C30H45BN2O6.C18H26BNO2.C18H24N2O7.ClH/c1-27(2,3)37-26(35)33-15-11-14-29(6,19-33)36-25(34)32-24(16-20-12-9-8-10-13-20)31-38-23-18-21-17-22(28(21,4)5)30(23,7)39-31;1-17(2)13-10-14(17)18(3)15(11-13)21-19(22-18)16(20)9-12-7-5-4-6-8-12;1-17(2,3)26-15(21)19-11-5-10-18(4,12-19)27-16(22)25-14-8-6-13(7-9-14)20(23)24;/h8-10,12-13,21-24H,11,14-19H2,1-7H3,(H,32,34);4-8,13-16H,9-11,20H2,1-3H3;6-9H,5,10-12H2,1-4H3;1H/t21-,22-,23+,24-,29?,30-;13-,14-,15+,16-,18-;;/m00../s1. The van der Waals surface area contributed by atoms with Crippen molar-refractivity contribution in [1.29, 1.82) is 0 Å². The number of benzene rings is 3. The number of piperidine rings is 2. The smallest absolute Gasteiger partial charge is 0.444 e. The van der Waals surface area contributed by atoms with Gasteiger partial charge in [0.2, 0.25) is 0 Å². The first-order valence-corrected chi connectivity index (χ1v) is 31.7. The molecular weight excluding hydrogens is 1160 g/mol. The van der Waals surface area contributed by atoms with Crippen molar-refractivity contribution in [3.05, 3.63) is 106 Å². The molecule has 0 spiro atoms. The highest BCUT2D eigenvalue weighted by molar-refractivity contribution is 6.48. The van der Waals surface area contributed by atoms with Crippen molar-refractivity contribution in [1.82, 2.24) is 15.1 Å². The zero-order valence-electron chi connectivity index (χ0n) is 54.7. The van der Waals surface area contributed by atoms with Crippen LogP contribution < -0.4 is 15.8 Å². The Morgan fingerprint density at radius 1 is 0.652 bits per heavy atom. The predicted octanol–water partition coefficient (Wildman–Crippen LogP) is 12.5. The first-order valence-electron chi connectivity index (χ1n) is 31.7. The number of carbonyl (C=O) groups excluding carboxylic acids is 4. The van der Waals surface area contributed by atoms with Crippen LogP contribution in [-0.4, -0.2) is 137 Å². The minimum Gasteiger partial charge on any atom is -0.444 e. The molecule has 12 atom stereocenters. The van der Waals surface area contributed by atoms with Gasteiger partial charge in [0.15, 0.2) is 0 Å². The Morgan fingerprint density at radius 2 is 1.09 bits per heavy atom. The average molecular weight is 1260 g/mol. The van der Waals surface area contributed by atoms with E-state index in [1.54, 1.807) is 32.6 Å². The van der Waals surface area contributed by atoms with E-state index in [0.29, 0.717) is 61.9 Å². The molecule has 6 saturated carbocycles. The molecule has 23 heteroatoms. The fraction of sp³-hybridized carbons (Fsp3) is 0.667. The average Bonchev–Trinajstić information content (AvgIpc) is 1.67. The Kier molecular flexibility index (Phi) is 20.6. The molecule has 4 bridgehead atoms. The molecule has 2 unspecified atom stereocenters. The number of amides is 3. The Balaban J connectivity index is 0.000000180. The van der Waals surface area contributed by atoms with Gasteiger partial charge in [-0.3, -0.25) is 10.1 Å². The van der Waals surface area contributed by atoms with Crippen LogP contribution in [0.25, 0.3) is 0 Å². The molecule has 3 aromatic rings. The number of carbonyl (C=O) groups is 4. The maximum Gasteiger partial charge on any atom is 0.514 e. The van der Waals surface area contributed by atoms with Crippen molar-refractivity contribution in [3.8, 4) is 5.75 Å². The normalized spacial score (nSPS) is 30.8. The van der Waals surface area contributed by atoms with Crippen molar-refractivity contribution in [3.63, 3.8) is 0 Å². The van der Waals surface area contributed by atoms with Gasteiger partial charge >= 0.3 is 38.7 Å². The lowest BCUT2D eigenvalue weighted by molar-refractivity contribution is -0.384. The van der Waals surface area contributed by atoms with Crippen LogP contribution in [0.2, 0.25) is 0 Å². The van der Waals surface area contributed by atoms with Crippen molar-refractivity contribution in [2.24, 2.45) is 40.2 Å². The number of nitrogens with two attached hydrogens (primary N) is 1. The number of nitro groups is 1.